The number of alkyl halides is 1. The molecule has 0 aliphatic rings. The Morgan fingerprint density at radius 2 is 2.24 bits per heavy atom. The van der Waals surface area contributed by atoms with Crippen LogP contribution in [0.3, 0.4) is 0 Å². The van der Waals surface area contributed by atoms with Crippen molar-refractivity contribution >= 4 is 23.1 Å². The zero-order valence-electron chi connectivity index (χ0n) is 9.17. The average Bonchev–Trinajstić information content (AvgIpc) is 2.29. The van der Waals surface area contributed by atoms with Crippen LogP contribution in [0.2, 0.25) is 0 Å². The molecule has 1 aromatic rings. The highest BCUT2D eigenvalue weighted by molar-refractivity contribution is 6.19. The van der Waals surface area contributed by atoms with Crippen LogP contribution in [0.1, 0.15) is 18.6 Å². The highest BCUT2D eigenvalue weighted by Crippen LogP contribution is 2.26. The number of hydrogen-bond donors (Lipinski definition) is 1. The first-order valence-electron chi connectivity index (χ1n) is 4.96. The average molecular weight is 258 g/mol. The summed E-state index contributed by atoms with van der Waals surface area (Å²) in [5.74, 6) is -1.03. The first kappa shape index (κ1) is 13.6. The third kappa shape index (κ3) is 3.25. The molecule has 6 heteroatoms. The van der Waals surface area contributed by atoms with E-state index in [1.165, 1.54) is 31.2 Å². The third-order valence-corrected chi connectivity index (χ3v) is 2.82. The number of nitrogens with zero attached hydrogens (tertiary/aromatic N) is 1. The Labute approximate surface area is 103 Å². The van der Waals surface area contributed by atoms with E-state index < -0.39 is 16.9 Å². The van der Waals surface area contributed by atoms with Gasteiger partial charge in [-0.25, -0.2) is 0 Å². The number of benzene rings is 1. The van der Waals surface area contributed by atoms with Gasteiger partial charge in [-0.15, -0.1) is 11.6 Å². The topological polar surface area (TPSA) is 80.4 Å². The monoisotopic (exact) mass is 257 g/mol. The lowest BCUT2D eigenvalue weighted by molar-refractivity contribution is -0.385. The van der Waals surface area contributed by atoms with Gasteiger partial charge in [0.1, 0.15) is 5.78 Å². The van der Waals surface area contributed by atoms with Crippen LogP contribution in [-0.2, 0) is 4.79 Å². The molecule has 0 fully saturated rings. The van der Waals surface area contributed by atoms with Gasteiger partial charge in [-0.1, -0.05) is 12.1 Å². The summed E-state index contributed by atoms with van der Waals surface area (Å²) in [5, 5.41) is 20.5. The van der Waals surface area contributed by atoms with E-state index in [-0.39, 0.29) is 17.4 Å². The summed E-state index contributed by atoms with van der Waals surface area (Å²) in [6, 6.07) is 5.55. The molecule has 0 saturated heterocycles. The number of non-ortho nitro benzene ring substituents is 1. The summed E-state index contributed by atoms with van der Waals surface area (Å²) in [6.07, 6.45) is -1.12. The number of hydrogen-bond acceptors (Lipinski definition) is 4. The number of rotatable bonds is 5. The van der Waals surface area contributed by atoms with E-state index in [0.29, 0.717) is 5.56 Å². The lowest BCUT2D eigenvalue weighted by Crippen LogP contribution is -2.21. The van der Waals surface area contributed by atoms with Crippen LogP contribution >= 0.6 is 11.6 Å². The van der Waals surface area contributed by atoms with E-state index in [0.717, 1.165) is 0 Å². The standard InChI is InChI=1S/C11H12ClNO4/c1-7(14)10(6-12)11(15)8-3-2-4-9(5-8)13(16)17/h2-5,10-11,15H,6H2,1H3/t10-,11-/m0/s1. The van der Waals surface area contributed by atoms with Gasteiger partial charge >= 0.3 is 0 Å². The summed E-state index contributed by atoms with van der Waals surface area (Å²) >= 11 is 5.59. The van der Waals surface area contributed by atoms with E-state index in [2.05, 4.69) is 0 Å². The summed E-state index contributed by atoms with van der Waals surface area (Å²) < 4.78 is 0. The number of nitro benzene ring substituents is 1. The second-order valence-corrected chi connectivity index (χ2v) is 3.98. The fourth-order valence-electron chi connectivity index (χ4n) is 1.47. The maximum absolute atomic E-state index is 11.2. The van der Waals surface area contributed by atoms with Crippen LogP contribution in [0.15, 0.2) is 24.3 Å². The van der Waals surface area contributed by atoms with Gasteiger partial charge in [0.05, 0.1) is 16.9 Å². The summed E-state index contributed by atoms with van der Waals surface area (Å²) in [5.41, 5.74) is 0.193. The number of halogens is 1. The van der Waals surface area contributed by atoms with Gasteiger partial charge < -0.3 is 5.11 Å². The van der Waals surface area contributed by atoms with E-state index in [4.69, 9.17) is 11.6 Å². The van der Waals surface area contributed by atoms with E-state index in [1.807, 2.05) is 0 Å². The molecular weight excluding hydrogens is 246 g/mol. The Hall–Kier alpha value is -1.46. The van der Waals surface area contributed by atoms with Gasteiger partial charge in [-0.2, -0.15) is 0 Å². The van der Waals surface area contributed by atoms with Crippen molar-refractivity contribution in [3.8, 4) is 0 Å². The van der Waals surface area contributed by atoms with Crippen LogP contribution in [0.25, 0.3) is 0 Å². The number of carbonyl (C=O) groups is 1. The molecule has 0 aromatic heterocycles. The molecular formula is C11H12ClNO4. The predicted molar refractivity (Wildman–Crippen MR) is 62.9 cm³/mol. The maximum Gasteiger partial charge on any atom is 0.269 e. The number of aliphatic hydroxyl groups is 1. The van der Waals surface area contributed by atoms with Gasteiger partial charge in [0, 0.05) is 18.0 Å². The smallest absolute Gasteiger partial charge is 0.269 e. The van der Waals surface area contributed by atoms with Crippen molar-refractivity contribution < 1.29 is 14.8 Å². The predicted octanol–water partition coefficient (Wildman–Crippen LogP) is 2.07. The normalized spacial score (nSPS) is 14.1. The Morgan fingerprint density at radius 3 is 2.71 bits per heavy atom. The lowest BCUT2D eigenvalue weighted by Gasteiger charge is -2.18. The summed E-state index contributed by atoms with van der Waals surface area (Å²) in [7, 11) is 0. The van der Waals surface area contributed by atoms with Crippen LogP contribution in [0.4, 0.5) is 5.69 Å². The van der Waals surface area contributed by atoms with Crippen molar-refractivity contribution in [1.82, 2.24) is 0 Å². The zero-order chi connectivity index (χ0) is 13.0. The van der Waals surface area contributed by atoms with Crippen LogP contribution in [-0.4, -0.2) is 21.7 Å². The van der Waals surface area contributed by atoms with Crippen molar-refractivity contribution in [2.45, 2.75) is 13.0 Å². The van der Waals surface area contributed by atoms with E-state index in [9.17, 15) is 20.0 Å². The molecule has 1 rings (SSSR count). The van der Waals surface area contributed by atoms with Crippen molar-refractivity contribution in [2.75, 3.05) is 5.88 Å². The molecule has 5 nitrogen and oxygen atoms in total. The Balaban J connectivity index is 3.02. The molecule has 92 valence electrons. The van der Waals surface area contributed by atoms with Gasteiger partial charge in [0.2, 0.25) is 0 Å². The zero-order valence-corrected chi connectivity index (χ0v) is 9.92. The van der Waals surface area contributed by atoms with Crippen LogP contribution in [0, 0.1) is 16.0 Å². The number of ketones is 1. The second-order valence-electron chi connectivity index (χ2n) is 3.67. The van der Waals surface area contributed by atoms with Gasteiger partial charge in [0.15, 0.2) is 0 Å². The summed E-state index contributed by atoms with van der Waals surface area (Å²) in [6.45, 7) is 1.33. The molecule has 0 radical (unpaired) electrons. The van der Waals surface area contributed by atoms with E-state index in [1.54, 1.807) is 0 Å². The molecule has 0 aliphatic carbocycles. The summed E-state index contributed by atoms with van der Waals surface area (Å²) in [4.78, 5) is 21.3. The fraction of sp³-hybridized carbons (Fsp3) is 0.364. The SMILES string of the molecule is CC(=O)[C@H](CCl)[C@@H](O)c1cccc([N+](=O)[O-])c1. The lowest BCUT2D eigenvalue weighted by atomic mass is 9.94. The van der Waals surface area contributed by atoms with Gasteiger partial charge in [0.25, 0.3) is 5.69 Å². The highest BCUT2D eigenvalue weighted by atomic mass is 35.5. The fourth-order valence-corrected chi connectivity index (χ4v) is 1.86. The van der Waals surface area contributed by atoms with Gasteiger partial charge in [-0.05, 0) is 12.5 Å². The molecule has 17 heavy (non-hydrogen) atoms. The molecule has 1 N–H and O–H groups in total. The molecule has 0 unspecified atom stereocenters. The Morgan fingerprint density at radius 1 is 1.59 bits per heavy atom. The molecule has 0 heterocycles. The minimum atomic E-state index is -1.12. The Bertz CT molecular complexity index is 435. The molecule has 0 saturated carbocycles. The Kier molecular flexibility index (Phi) is 4.60. The minimum Gasteiger partial charge on any atom is -0.388 e. The van der Waals surface area contributed by atoms with Crippen molar-refractivity contribution in [2.24, 2.45) is 5.92 Å². The van der Waals surface area contributed by atoms with Crippen molar-refractivity contribution in [3.63, 3.8) is 0 Å². The highest BCUT2D eigenvalue weighted by Gasteiger charge is 2.25. The molecule has 2 atom stereocenters. The third-order valence-electron chi connectivity index (χ3n) is 2.49. The largest absolute Gasteiger partial charge is 0.388 e. The quantitative estimate of drug-likeness (QED) is 0.497. The second kappa shape index (κ2) is 5.75. The number of aliphatic hydroxyl groups excluding tert-OH is 1. The maximum atomic E-state index is 11.2. The molecule has 0 amide bonds. The van der Waals surface area contributed by atoms with Crippen molar-refractivity contribution in [1.29, 1.82) is 0 Å². The van der Waals surface area contributed by atoms with E-state index >= 15 is 0 Å². The number of nitro groups is 1. The first-order chi connectivity index (χ1) is 7.97. The molecule has 0 bridgehead atoms. The van der Waals surface area contributed by atoms with Crippen LogP contribution in [0.5, 0.6) is 0 Å². The molecule has 0 aliphatic heterocycles. The molecule has 1 aromatic carbocycles. The number of carbonyl (C=O) groups excluding carboxylic acids is 1. The number of Topliss-reactive ketones (excluding diaryl/α,β-unsaturated/α-hetero) is 1. The van der Waals surface area contributed by atoms with Gasteiger partial charge in [-0.3, -0.25) is 14.9 Å². The van der Waals surface area contributed by atoms with Crippen LogP contribution < -0.4 is 0 Å². The first-order valence-corrected chi connectivity index (χ1v) is 5.49. The van der Waals surface area contributed by atoms with Crippen molar-refractivity contribution in [3.05, 3.63) is 39.9 Å². The minimum absolute atomic E-state index is 0.0286. The molecule has 0 spiro atoms.